The van der Waals surface area contributed by atoms with Crippen molar-refractivity contribution in [3.8, 4) is 0 Å². The van der Waals surface area contributed by atoms with E-state index in [9.17, 15) is 14.4 Å². The van der Waals surface area contributed by atoms with Crippen LogP contribution in [0.3, 0.4) is 0 Å². The number of rotatable bonds is 4. The number of fused-ring (bicyclic) bond motifs is 5. The summed E-state index contributed by atoms with van der Waals surface area (Å²) in [5, 5.41) is 0. The first-order chi connectivity index (χ1) is 14.6. The molecule has 0 aliphatic heterocycles. The Labute approximate surface area is 186 Å². The third kappa shape index (κ3) is 3.21. The van der Waals surface area contributed by atoms with Gasteiger partial charge in [-0.25, -0.2) is 0 Å². The number of allylic oxidation sites excluding steroid dienone is 1. The van der Waals surface area contributed by atoms with E-state index in [-0.39, 0.29) is 11.3 Å². The highest BCUT2D eigenvalue weighted by atomic mass is 16.7. The van der Waals surface area contributed by atoms with Gasteiger partial charge in [0.25, 0.3) is 5.79 Å². The summed E-state index contributed by atoms with van der Waals surface area (Å²) in [5.41, 5.74) is 0.965. The molecule has 4 aliphatic rings. The molecule has 0 saturated heterocycles. The molecule has 5 heteroatoms. The maximum absolute atomic E-state index is 12.2. The van der Waals surface area contributed by atoms with Crippen LogP contribution in [-0.4, -0.2) is 24.0 Å². The molecule has 3 saturated carbocycles. The highest BCUT2D eigenvalue weighted by Gasteiger charge is 2.67. The molecule has 0 aromatic heterocycles. The number of carbonyl (C=O) groups excluding carboxylic acids is 3. The van der Waals surface area contributed by atoms with E-state index in [0.29, 0.717) is 30.1 Å². The first kappa shape index (κ1) is 22.5. The molecule has 0 N–H and O–H groups in total. The minimum atomic E-state index is -1.22. The van der Waals surface area contributed by atoms with Crippen LogP contribution in [0.25, 0.3) is 0 Å². The number of carbonyl (C=O) groups is 3. The predicted molar refractivity (Wildman–Crippen MR) is 117 cm³/mol. The molecule has 5 nitrogen and oxygen atoms in total. The van der Waals surface area contributed by atoms with Gasteiger partial charge in [-0.15, -0.1) is 0 Å². The zero-order chi connectivity index (χ0) is 22.6. The second-order valence-electron chi connectivity index (χ2n) is 11.1. The Morgan fingerprint density at radius 2 is 1.74 bits per heavy atom. The molecule has 31 heavy (non-hydrogen) atoms. The van der Waals surface area contributed by atoms with Crippen LogP contribution in [0.5, 0.6) is 0 Å². The van der Waals surface area contributed by atoms with Crippen LogP contribution in [-0.2, 0) is 23.9 Å². The third-order valence-corrected chi connectivity index (χ3v) is 9.77. The Bertz CT molecular complexity index is 784. The first-order valence-electron chi connectivity index (χ1n) is 12.1. The summed E-state index contributed by atoms with van der Waals surface area (Å²) < 4.78 is 11.9. The van der Waals surface area contributed by atoms with Crippen molar-refractivity contribution in [2.24, 2.45) is 40.4 Å². The van der Waals surface area contributed by atoms with Gasteiger partial charge in [-0.05, 0) is 81.0 Å². The summed E-state index contributed by atoms with van der Waals surface area (Å²) in [6.45, 7) is 9.48. The smallest absolute Gasteiger partial charge is 0.305 e. The Morgan fingerprint density at radius 3 is 2.35 bits per heavy atom. The van der Waals surface area contributed by atoms with E-state index in [2.05, 4.69) is 26.8 Å². The van der Waals surface area contributed by atoms with E-state index in [1.807, 2.05) is 0 Å². The molecule has 172 valence electrons. The number of aldehydes is 1. The summed E-state index contributed by atoms with van der Waals surface area (Å²) in [6, 6.07) is 0. The quantitative estimate of drug-likeness (QED) is 0.265. The molecule has 0 radical (unpaired) electrons. The highest BCUT2D eigenvalue weighted by Crippen LogP contribution is 2.69. The van der Waals surface area contributed by atoms with Gasteiger partial charge in [-0.1, -0.05) is 25.5 Å². The van der Waals surface area contributed by atoms with Gasteiger partial charge < -0.3 is 14.3 Å². The van der Waals surface area contributed by atoms with Crippen LogP contribution in [0.2, 0.25) is 0 Å². The van der Waals surface area contributed by atoms with Crippen LogP contribution < -0.4 is 0 Å². The molecule has 0 aromatic carbocycles. The molecule has 0 amide bonds. The normalized spacial score (nSPS) is 41.6. The molecule has 0 bridgehead atoms. The van der Waals surface area contributed by atoms with Gasteiger partial charge in [-0.3, -0.25) is 9.59 Å². The lowest BCUT2D eigenvalue weighted by Crippen LogP contribution is -2.63. The third-order valence-electron chi connectivity index (χ3n) is 9.77. The van der Waals surface area contributed by atoms with Gasteiger partial charge in [0.05, 0.1) is 5.41 Å². The van der Waals surface area contributed by atoms with E-state index < -0.39 is 23.1 Å². The van der Waals surface area contributed by atoms with Crippen molar-refractivity contribution in [3.63, 3.8) is 0 Å². The fraction of sp³-hybridized carbons (Fsp3) is 0.808. The minimum absolute atomic E-state index is 0.0905. The monoisotopic (exact) mass is 430 g/mol. The van der Waals surface area contributed by atoms with Gasteiger partial charge in [0, 0.05) is 26.2 Å². The average molecular weight is 431 g/mol. The van der Waals surface area contributed by atoms with E-state index >= 15 is 0 Å². The predicted octanol–water partition coefficient (Wildman–Crippen LogP) is 5.22. The second-order valence-corrected chi connectivity index (χ2v) is 11.1. The summed E-state index contributed by atoms with van der Waals surface area (Å²) in [5.74, 6) is -0.184. The largest absolute Gasteiger partial charge is 0.422 e. The Kier molecular flexibility index (Phi) is 5.63. The number of esters is 2. The summed E-state index contributed by atoms with van der Waals surface area (Å²) in [4.78, 5) is 36.0. The molecule has 0 spiro atoms. The lowest BCUT2D eigenvalue weighted by molar-refractivity contribution is -0.289. The lowest BCUT2D eigenvalue weighted by atomic mass is 9.45. The van der Waals surface area contributed by atoms with Gasteiger partial charge in [0.2, 0.25) is 0 Å². The maximum Gasteiger partial charge on any atom is 0.305 e. The molecular weight excluding hydrogens is 392 g/mol. The lowest BCUT2D eigenvalue weighted by Gasteiger charge is -2.62. The molecule has 4 rings (SSSR count). The van der Waals surface area contributed by atoms with Crippen molar-refractivity contribution in [2.75, 3.05) is 0 Å². The second kappa shape index (κ2) is 7.74. The zero-order valence-corrected chi connectivity index (χ0v) is 19.7. The van der Waals surface area contributed by atoms with Gasteiger partial charge in [0.15, 0.2) is 0 Å². The van der Waals surface area contributed by atoms with Gasteiger partial charge >= 0.3 is 11.9 Å². The van der Waals surface area contributed by atoms with Crippen molar-refractivity contribution >= 4 is 18.2 Å². The van der Waals surface area contributed by atoms with Gasteiger partial charge in [-0.2, -0.15) is 0 Å². The van der Waals surface area contributed by atoms with Crippen molar-refractivity contribution in [3.05, 3.63) is 11.6 Å². The van der Waals surface area contributed by atoms with Crippen LogP contribution in [0.4, 0.5) is 0 Å². The highest BCUT2D eigenvalue weighted by molar-refractivity contribution is 5.69. The molecule has 0 heterocycles. The topological polar surface area (TPSA) is 69.7 Å². The molecule has 0 aromatic rings. The fourth-order valence-electron chi connectivity index (χ4n) is 8.52. The Balaban J connectivity index is 1.76. The summed E-state index contributed by atoms with van der Waals surface area (Å²) in [7, 11) is 0. The molecule has 4 aliphatic carbocycles. The van der Waals surface area contributed by atoms with E-state index in [4.69, 9.17) is 9.47 Å². The van der Waals surface area contributed by atoms with Crippen LogP contribution >= 0.6 is 0 Å². The van der Waals surface area contributed by atoms with Crippen LogP contribution in [0, 0.1) is 40.4 Å². The Morgan fingerprint density at radius 1 is 1.06 bits per heavy atom. The van der Waals surface area contributed by atoms with Crippen molar-refractivity contribution in [1.82, 2.24) is 0 Å². The number of hydrogen-bond acceptors (Lipinski definition) is 5. The molecular formula is C26H38O5. The van der Waals surface area contributed by atoms with E-state index in [1.54, 1.807) is 0 Å². The Hall–Kier alpha value is -1.65. The standard InChI is InChI=1S/C26H38O5/c1-16(15-27)21-10-11-22-20-9-8-19-7-6-13-26(30-17(2)28,31-18(3)29)25(19,5)23(20)12-14-24(21,22)4/h8,15-16,20-23H,6-7,9-14H2,1-5H3/t16-,20+,21-,22+,23+,24-,25+/m1/s1. The van der Waals surface area contributed by atoms with Crippen molar-refractivity contribution in [2.45, 2.75) is 91.8 Å². The molecule has 3 fully saturated rings. The molecule has 7 atom stereocenters. The number of hydrogen-bond donors (Lipinski definition) is 0. The van der Waals surface area contributed by atoms with Crippen molar-refractivity contribution < 1.29 is 23.9 Å². The van der Waals surface area contributed by atoms with Crippen LogP contribution in [0.15, 0.2) is 11.6 Å². The zero-order valence-electron chi connectivity index (χ0n) is 19.7. The SMILES string of the molecule is CC(=O)OC1(OC(C)=O)CCCC2=CC[C@H]3[C@@H]4CC[C@H]([C@H](C)C=O)[C@@]4(C)CC[C@@H]3[C@]21C. The van der Waals surface area contributed by atoms with Gasteiger partial charge in [0.1, 0.15) is 6.29 Å². The average Bonchev–Trinajstić information content (AvgIpc) is 3.04. The van der Waals surface area contributed by atoms with E-state index in [1.165, 1.54) is 19.4 Å². The number of ether oxygens (including phenoxy) is 2. The first-order valence-corrected chi connectivity index (χ1v) is 12.1. The summed E-state index contributed by atoms with van der Waals surface area (Å²) in [6.07, 6.45) is 11.2. The van der Waals surface area contributed by atoms with Crippen LogP contribution in [0.1, 0.15) is 86.0 Å². The molecule has 0 unspecified atom stereocenters. The minimum Gasteiger partial charge on any atom is -0.422 e. The fourth-order valence-corrected chi connectivity index (χ4v) is 8.52. The van der Waals surface area contributed by atoms with E-state index in [0.717, 1.165) is 51.2 Å². The summed E-state index contributed by atoms with van der Waals surface area (Å²) >= 11 is 0. The van der Waals surface area contributed by atoms with Crippen molar-refractivity contribution in [1.29, 1.82) is 0 Å². The maximum atomic E-state index is 12.2.